The molecule has 3 rings (SSSR count). The molecule has 0 aliphatic carbocycles. The zero-order valence-corrected chi connectivity index (χ0v) is 11.1. The van der Waals surface area contributed by atoms with Gasteiger partial charge in [0.1, 0.15) is 0 Å². The Hall–Kier alpha value is -1.35. The molecule has 2 heterocycles. The number of halogens is 1. The van der Waals surface area contributed by atoms with Crippen LogP contribution in [-0.4, -0.2) is 23.3 Å². The zero-order valence-electron chi connectivity index (χ0n) is 8.63. The molecule has 3 nitrogen and oxygen atoms in total. The molecule has 0 saturated heterocycles. The van der Waals surface area contributed by atoms with E-state index in [1.165, 1.54) is 0 Å². The van der Waals surface area contributed by atoms with Gasteiger partial charge in [-0.05, 0) is 0 Å². The zero-order chi connectivity index (χ0) is 11.8. The Morgan fingerprint density at radius 3 is 2.76 bits per heavy atom. The van der Waals surface area contributed by atoms with Crippen LogP contribution in [0, 0.1) is 0 Å². The summed E-state index contributed by atoms with van der Waals surface area (Å²) in [6, 6.07) is 11.1. The summed E-state index contributed by atoms with van der Waals surface area (Å²) in [7, 11) is 0. The van der Waals surface area contributed by atoms with Gasteiger partial charge in [0.2, 0.25) is 0 Å². The summed E-state index contributed by atoms with van der Waals surface area (Å²) in [5, 5.41) is 1.15. The van der Waals surface area contributed by atoms with Crippen molar-refractivity contribution >= 4 is 36.0 Å². The average molecular weight is 310 g/mol. The number of hydrogen-bond acceptors (Lipinski definition) is 2. The van der Waals surface area contributed by atoms with Crippen LogP contribution in [0.5, 0.6) is 0 Å². The van der Waals surface area contributed by atoms with E-state index in [-0.39, 0.29) is 20.3 Å². The minimum absolute atomic E-state index is 0.0516. The van der Waals surface area contributed by atoms with Crippen LogP contribution in [-0.2, 0) is 0 Å². The van der Waals surface area contributed by atoms with Gasteiger partial charge >= 0.3 is 108 Å². The number of pyridine rings is 1. The van der Waals surface area contributed by atoms with Gasteiger partial charge in [-0.1, -0.05) is 0 Å². The Kier molecular flexibility index (Phi) is 2.63. The van der Waals surface area contributed by atoms with E-state index >= 15 is 0 Å². The second kappa shape index (κ2) is 4.15. The van der Waals surface area contributed by atoms with Crippen LogP contribution < -0.4 is 5.56 Å². The third kappa shape index (κ3) is 1.75. The van der Waals surface area contributed by atoms with Gasteiger partial charge in [-0.25, -0.2) is 0 Å². The van der Waals surface area contributed by atoms with Crippen LogP contribution in [0.1, 0.15) is 0 Å². The first-order valence-electron chi connectivity index (χ1n) is 4.99. The molecule has 0 bridgehead atoms. The van der Waals surface area contributed by atoms with Crippen molar-refractivity contribution in [1.29, 1.82) is 0 Å². The number of aromatic nitrogens is 2. The molecule has 0 fully saturated rings. The molecule has 5 heteroatoms. The molecule has 0 radical (unpaired) electrons. The van der Waals surface area contributed by atoms with Gasteiger partial charge in [0.15, 0.2) is 0 Å². The van der Waals surface area contributed by atoms with E-state index in [1.807, 2.05) is 30.3 Å². The molecular weight excluding hydrogens is 303 g/mol. The second-order valence-corrected chi connectivity index (χ2v) is 5.97. The van der Waals surface area contributed by atoms with Gasteiger partial charge in [0.25, 0.3) is 0 Å². The number of fused-ring (bicyclic) bond motifs is 1. The van der Waals surface area contributed by atoms with Crippen LogP contribution in [0.15, 0.2) is 47.4 Å². The minimum atomic E-state index is -0.0777. The van der Waals surface area contributed by atoms with Crippen LogP contribution >= 0.6 is 11.6 Å². The summed E-state index contributed by atoms with van der Waals surface area (Å²) in [5.41, 5.74) is -0.0516. The monoisotopic (exact) mass is 310 g/mol. The predicted molar refractivity (Wildman–Crippen MR) is 69.3 cm³/mol. The Balaban J connectivity index is 2.37. The Labute approximate surface area is 108 Å². The Morgan fingerprint density at radius 2 is 2.06 bits per heavy atom. The van der Waals surface area contributed by atoms with E-state index in [0.29, 0.717) is 16.2 Å². The van der Waals surface area contributed by atoms with Gasteiger partial charge in [-0.2, -0.15) is 0 Å². The quantitative estimate of drug-likeness (QED) is 0.645. The van der Waals surface area contributed by atoms with Crippen molar-refractivity contribution in [2.75, 3.05) is 0 Å². The van der Waals surface area contributed by atoms with Gasteiger partial charge in [0.05, 0.1) is 0 Å². The van der Waals surface area contributed by atoms with E-state index in [9.17, 15) is 4.79 Å². The first kappa shape index (κ1) is 10.8. The summed E-state index contributed by atoms with van der Waals surface area (Å²) in [6.07, 6.45) is 1.68. The Bertz CT molecular complexity index is 733. The van der Waals surface area contributed by atoms with E-state index in [2.05, 4.69) is 4.98 Å². The molecule has 0 atom stereocenters. The van der Waals surface area contributed by atoms with Crippen molar-refractivity contribution < 1.29 is 0 Å². The van der Waals surface area contributed by atoms with Crippen LogP contribution in [0.4, 0.5) is 0 Å². The number of rotatable bonds is 1. The van der Waals surface area contributed by atoms with Crippen molar-refractivity contribution in [3.63, 3.8) is 0 Å². The SMILES string of the molecule is O=c1c2c(Cl)cccc2[se]n1-c1ccccn1. The number of benzene rings is 1. The molecule has 0 unspecified atom stereocenters. The third-order valence-corrected chi connectivity index (χ3v) is 4.99. The van der Waals surface area contributed by atoms with Crippen LogP contribution in [0.25, 0.3) is 15.5 Å². The molecule has 2 aromatic heterocycles. The fraction of sp³-hybridized carbons (Fsp3) is 0. The van der Waals surface area contributed by atoms with Crippen molar-refractivity contribution in [1.82, 2.24) is 8.55 Å². The molecule has 0 aliphatic rings. The Morgan fingerprint density at radius 1 is 1.18 bits per heavy atom. The van der Waals surface area contributed by atoms with Crippen molar-refractivity contribution in [3.05, 3.63) is 58.0 Å². The fourth-order valence-electron chi connectivity index (χ4n) is 1.65. The van der Waals surface area contributed by atoms with Crippen molar-refractivity contribution in [2.24, 2.45) is 0 Å². The molecule has 0 amide bonds. The second-order valence-electron chi connectivity index (χ2n) is 3.49. The molecule has 1 aromatic carbocycles. The topological polar surface area (TPSA) is 34.9 Å². The summed E-state index contributed by atoms with van der Waals surface area (Å²) < 4.78 is 2.71. The standard InChI is InChI=1S/C12H7ClN2OSe/c13-8-4-3-5-9-11(8)12(16)15(17-9)10-6-1-2-7-14-10/h1-7H. The maximum atomic E-state index is 12.2. The third-order valence-electron chi connectivity index (χ3n) is 2.42. The first-order valence-corrected chi connectivity index (χ1v) is 6.99. The average Bonchev–Trinajstić information content (AvgIpc) is 2.69. The van der Waals surface area contributed by atoms with Crippen molar-refractivity contribution in [2.45, 2.75) is 0 Å². The molecule has 17 heavy (non-hydrogen) atoms. The predicted octanol–water partition coefficient (Wildman–Crippen LogP) is 2.10. The summed E-state index contributed by atoms with van der Waals surface area (Å²) in [5.74, 6) is 0.685. The normalized spacial score (nSPS) is 10.9. The van der Waals surface area contributed by atoms with Crippen LogP contribution in [0.3, 0.4) is 0 Å². The van der Waals surface area contributed by atoms with Gasteiger partial charge in [-0.15, -0.1) is 0 Å². The van der Waals surface area contributed by atoms with E-state index in [0.717, 1.165) is 4.26 Å². The molecule has 3 aromatic rings. The number of hydrogen-bond donors (Lipinski definition) is 0. The summed E-state index contributed by atoms with van der Waals surface area (Å²) in [6.45, 7) is 0. The number of nitrogens with zero attached hydrogens (tertiary/aromatic N) is 2. The van der Waals surface area contributed by atoms with Gasteiger partial charge in [0, 0.05) is 0 Å². The molecule has 0 spiro atoms. The maximum absolute atomic E-state index is 12.2. The van der Waals surface area contributed by atoms with Crippen LogP contribution in [0.2, 0.25) is 5.02 Å². The summed E-state index contributed by atoms with van der Waals surface area (Å²) >= 11 is 5.98. The first-order chi connectivity index (χ1) is 8.27. The molecule has 0 N–H and O–H groups in total. The molecular formula is C12H7ClN2OSe. The van der Waals surface area contributed by atoms with E-state index in [4.69, 9.17) is 11.6 Å². The van der Waals surface area contributed by atoms with Gasteiger partial charge in [-0.3, -0.25) is 0 Å². The van der Waals surface area contributed by atoms with Gasteiger partial charge < -0.3 is 0 Å². The fourth-order valence-corrected chi connectivity index (χ4v) is 4.14. The molecule has 84 valence electrons. The molecule has 0 saturated carbocycles. The van der Waals surface area contributed by atoms with E-state index < -0.39 is 0 Å². The van der Waals surface area contributed by atoms with Crippen molar-refractivity contribution in [3.8, 4) is 5.82 Å². The molecule has 0 aliphatic heterocycles. The van der Waals surface area contributed by atoms with E-state index in [1.54, 1.807) is 15.8 Å². The summed E-state index contributed by atoms with van der Waals surface area (Å²) in [4.78, 5) is 16.4.